The zero-order valence-corrected chi connectivity index (χ0v) is 7.18. The number of rotatable bonds is 5. The predicted octanol–water partition coefficient (Wildman–Crippen LogP) is 0.0856. The lowest BCUT2D eigenvalue weighted by molar-refractivity contribution is -0.136. The third-order valence-corrected chi connectivity index (χ3v) is 1.38. The molecular weight excluding hydrogens is 146 g/mol. The fraction of sp³-hybridized carbons (Fsp3) is 0.857. The van der Waals surface area contributed by atoms with Crippen molar-refractivity contribution < 1.29 is 14.6 Å². The van der Waals surface area contributed by atoms with Crippen molar-refractivity contribution in [3.05, 3.63) is 0 Å². The SMILES string of the molecule is COC(C)(C)CNCC(=O)O. The summed E-state index contributed by atoms with van der Waals surface area (Å²) in [5.74, 6) is -0.850. The van der Waals surface area contributed by atoms with Crippen molar-refractivity contribution in [2.75, 3.05) is 20.2 Å². The normalized spacial score (nSPS) is 11.5. The Kier molecular flexibility index (Phi) is 4.07. The molecule has 0 aliphatic heterocycles. The molecule has 0 amide bonds. The summed E-state index contributed by atoms with van der Waals surface area (Å²) in [5.41, 5.74) is -0.296. The molecular formula is C7H15NO3. The third kappa shape index (κ3) is 5.82. The first-order valence-corrected chi connectivity index (χ1v) is 3.45. The van der Waals surface area contributed by atoms with E-state index in [9.17, 15) is 4.79 Å². The Balaban J connectivity index is 3.45. The highest BCUT2D eigenvalue weighted by atomic mass is 16.5. The fourth-order valence-corrected chi connectivity index (χ4v) is 0.543. The monoisotopic (exact) mass is 161 g/mol. The van der Waals surface area contributed by atoms with Crippen LogP contribution in [0.4, 0.5) is 0 Å². The second kappa shape index (κ2) is 4.31. The molecule has 0 aromatic carbocycles. The van der Waals surface area contributed by atoms with E-state index in [4.69, 9.17) is 9.84 Å². The number of hydrogen-bond acceptors (Lipinski definition) is 3. The molecule has 0 saturated heterocycles. The summed E-state index contributed by atoms with van der Waals surface area (Å²) >= 11 is 0. The van der Waals surface area contributed by atoms with Crippen LogP contribution in [0.25, 0.3) is 0 Å². The van der Waals surface area contributed by atoms with E-state index in [1.807, 2.05) is 13.8 Å². The van der Waals surface area contributed by atoms with Gasteiger partial charge in [0.05, 0.1) is 12.1 Å². The van der Waals surface area contributed by atoms with Gasteiger partial charge in [-0.1, -0.05) is 0 Å². The van der Waals surface area contributed by atoms with Crippen LogP contribution in [0.5, 0.6) is 0 Å². The standard InChI is InChI=1S/C7H15NO3/c1-7(2,11-3)5-8-4-6(9)10/h8H,4-5H2,1-3H3,(H,9,10). The van der Waals surface area contributed by atoms with Crippen LogP contribution in [0, 0.1) is 0 Å². The average Bonchev–Trinajstić information content (AvgIpc) is 1.87. The molecule has 2 N–H and O–H groups in total. The molecule has 0 aromatic heterocycles. The van der Waals surface area contributed by atoms with Crippen LogP contribution in [0.15, 0.2) is 0 Å². The van der Waals surface area contributed by atoms with Gasteiger partial charge in [0.1, 0.15) is 0 Å². The second-order valence-corrected chi connectivity index (χ2v) is 2.96. The first kappa shape index (κ1) is 10.4. The van der Waals surface area contributed by atoms with Gasteiger partial charge in [0.2, 0.25) is 0 Å². The first-order chi connectivity index (χ1) is 4.98. The molecule has 11 heavy (non-hydrogen) atoms. The van der Waals surface area contributed by atoms with Crippen LogP contribution in [0.1, 0.15) is 13.8 Å². The fourth-order valence-electron chi connectivity index (χ4n) is 0.543. The summed E-state index contributed by atoms with van der Waals surface area (Å²) in [6.45, 7) is 4.30. The lowest BCUT2D eigenvalue weighted by Crippen LogP contribution is -2.38. The van der Waals surface area contributed by atoms with Crippen molar-refractivity contribution in [3.8, 4) is 0 Å². The van der Waals surface area contributed by atoms with Gasteiger partial charge in [-0.25, -0.2) is 0 Å². The Labute approximate surface area is 66.5 Å². The highest BCUT2D eigenvalue weighted by Crippen LogP contribution is 2.03. The minimum absolute atomic E-state index is 0.0210. The highest BCUT2D eigenvalue weighted by molar-refractivity contribution is 5.68. The molecule has 0 radical (unpaired) electrons. The van der Waals surface area contributed by atoms with E-state index < -0.39 is 5.97 Å². The van der Waals surface area contributed by atoms with Crippen molar-refractivity contribution in [2.24, 2.45) is 0 Å². The molecule has 0 aliphatic rings. The third-order valence-electron chi connectivity index (χ3n) is 1.38. The summed E-state index contributed by atoms with van der Waals surface area (Å²) < 4.78 is 5.06. The maximum absolute atomic E-state index is 10.1. The summed E-state index contributed by atoms with van der Waals surface area (Å²) in [6.07, 6.45) is 0. The molecule has 0 atom stereocenters. The van der Waals surface area contributed by atoms with Gasteiger partial charge in [0.25, 0.3) is 0 Å². The summed E-state index contributed by atoms with van der Waals surface area (Å²) in [6, 6.07) is 0. The first-order valence-electron chi connectivity index (χ1n) is 3.45. The van der Waals surface area contributed by atoms with Gasteiger partial charge >= 0.3 is 5.97 Å². The van der Waals surface area contributed by atoms with Crippen molar-refractivity contribution >= 4 is 5.97 Å². The lowest BCUT2D eigenvalue weighted by atomic mass is 10.1. The van der Waals surface area contributed by atoms with Crippen molar-refractivity contribution in [2.45, 2.75) is 19.4 Å². The minimum atomic E-state index is -0.850. The predicted molar refractivity (Wildman–Crippen MR) is 41.6 cm³/mol. The number of carboxylic acid groups (broad SMARTS) is 1. The zero-order valence-electron chi connectivity index (χ0n) is 7.18. The molecule has 0 bridgehead atoms. The van der Waals surface area contributed by atoms with Gasteiger partial charge in [-0.2, -0.15) is 0 Å². The van der Waals surface area contributed by atoms with Gasteiger partial charge in [-0.3, -0.25) is 4.79 Å². The Hall–Kier alpha value is -0.610. The number of carbonyl (C=O) groups is 1. The smallest absolute Gasteiger partial charge is 0.317 e. The molecule has 0 saturated carbocycles. The number of aliphatic carboxylic acids is 1. The Morgan fingerprint density at radius 1 is 1.64 bits per heavy atom. The van der Waals surface area contributed by atoms with Crippen LogP contribution in [0.2, 0.25) is 0 Å². The number of nitrogens with one attached hydrogen (secondary N) is 1. The second-order valence-electron chi connectivity index (χ2n) is 2.96. The van der Waals surface area contributed by atoms with E-state index in [1.165, 1.54) is 0 Å². The van der Waals surface area contributed by atoms with Gasteiger partial charge in [-0.15, -0.1) is 0 Å². The molecule has 0 unspecified atom stereocenters. The molecule has 0 aromatic rings. The van der Waals surface area contributed by atoms with Crippen LogP contribution < -0.4 is 5.32 Å². The maximum Gasteiger partial charge on any atom is 0.317 e. The van der Waals surface area contributed by atoms with Crippen LogP contribution in [-0.4, -0.2) is 36.9 Å². The number of hydrogen-bond donors (Lipinski definition) is 2. The number of methoxy groups -OCH3 is 1. The quantitative estimate of drug-likeness (QED) is 0.599. The van der Waals surface area contributed by atoms with E-state index in [1.54, 1.807) is 7.11 Å². The lowest BCUT2D eigenvalue weighted by Gasteiger charge is -2.22. The molecule has 0 spiro atoms. The zero-order chi connectivity index (χ0) is 8.91. The molecule has 4 nitrogen and oxygen atoms in total. The highest BCUT2D eigenvalue weighted by Gasteiger charge is 2.15. The van der Waals surface area contributed by atoms with E-state index in [0.717, 1.165) is 0 Å². The van der Waals surface area contributed by atoms with Crippen LogP contribution in [-0.2, 0) is 9.53 Å². The Morgan fingerprint density at radius 3 is 2.55 bits per heavy atom. The minimum Gasteiger partial charge on any atom is -0.480 e. The molecule has 66 valence electrons. The largest absolute Gasteiger partial charge is 0.480 e. The topological polar surface area (TPSA) is 58.6 Å². The number of ether oxygens (including phenoxy) is 1. The summed E-state index contributed by atoms with van der Waals surface area (Å²) in [7, 11) is 1.60. The maximum atomic E-state index is 10.1. The van der Waals surface area contributed by atoms with Gasteiger partial charge < -0.3 is 15.2 Å². The molecule has 0 aliphatic carbocycles. The molecule has 0 heterocycles. The summed E-state index contributed by atoms with van der Waals surface area (Å²) in [4.78, 5) is 10.1. The van der Waals surface area contributed by atoms with Gasteiger partial charge in [0, 0.05) is 13.7 Å². The van der Waals surface area contributed by atoms with E-state index in [0.29, 0.717) is 6.54 Å². The van der Waals surface area contributed by atoms with E-state index in [-0.39, 0.29) is 12.1 Å². The van der Waals surface area contributed by atoms with Crippen LogP contribution >= 0.6 is 0 Å². The van der Waals surface area contributed by atoms with Crippen molar-refractivity contribution in [1.82, 2.24) is 5.32 Å². The average molecular weight is 161 g/mol. The summed E-state index contributed by atoms with van der Waals surface area (Å²) in [5, 5.41) is 11.0. The number of carboxylic acids is 1. The van der Waals surface area contributed by atoms with Crippen molar-refractivity contribution in [3.63, 3.8) is 0 Å². The molecule has 0 rings (SSSR count). The molecule has 4 heteroatoms. The van der Waals surface area contributed by atoms with E-state index in [2.05, 4.69) is 5.32 Å². The van der Waals surface area contributed by atoms with Gasteiger partial charge in [-0.05, 0) is 13.8 Å². The Morgan fingerprint density at radius 2 is 2.18 bits per heavy atom. The van der Waals surface area contributed by atoms with Gasteiger partial charge in [0.15, 0.2) is 0 Å². The van der Waals surface area contributed by atoms with E-state index >= 15 is 0 Å². The Bertz CT molecular complexity index is 134. The van der Waals surface area contributed by atoms with Crippen LogP contribution in [0.3, 0.4) is 0 Å². The van der Waals surface area contributed by atoms with Crippen molar-refractivity contribution in [1.29, 1.82) is 0 Å². The molecule has 0 fully saturated rings.